The van der Waals surface area contributed by atoms with Crippen molar-refractivity contribution >= 4 is 23.3 Å². The molecule has 0 spiro atoms. The largest absolute Gasteiger partial charge is 0.394 e. The van der Waals surface area contributed by atoms with Crippen LogP contribution in [0.2, 0.25) is 5.02 Å². The number of carbonyl (C=O) groups excluding carboxylic acids is 1. The smallest absolute Gasteiger partial charge is 0.319 e. The molecule has 4 N–H and O–H groups in total. The van der Waals surface area contributed by atoms with Crippen LogP contribution in [-0.2, 0) is 0 Å². The van der Waals surface area contributed by atoms with Crippen LogP contribution in [0.15, 0.2) is 18.2 Å². The number of benzene rings is 1. The van der Waals surface area contributed by atoms with Crippen LogP contribution in [0, 0.1) is 6.92 Å². The van der Waals surface area contributed by atoms with Gasteiger partial charge in [-0.3, -0.25) is 0 Å². The third-order valence-electron chi connectivity index (χ3n) is 2.15. The molecule has 5 nitrogen and oxygen atoms in total. The number of urea groups is 1. The van der Waals surface area contributed by atoms with Crippen LogP contribution in [-0.4, -0.2) is 35.5 Å². The predicted molar refractivity (Wildman–Crippen MR) is 66.3 cm³/mol. The van der Waals surface area contributed by atoms with Gasteiger partial charge in [0, 0.05) is 6.54 Å². The number of hydrogen-bond acceptors (Lipinski definition) is 3. The van der Waals surface area contributed by atoms with E-state index in [1.54, 1.807) is 12.1 Å². The molecule has 0 aromatic heterocycles. The Morgan fingerprint density at radius 3 is 2.88 bits per heavy atom. The Hall–Kier alpha value is -1.30. The summed E-state index contributed by atoms with van der Waals surface area (Å²) in [6.45, 7) is 1.41. The number of rotatable bonds is 4. The lowest BCUT2D eigenvalue weighted by Crippen LogP contribution is -2.36. The Kier molecular flexibility index (Phi) is 5.21. The summed E-state index contributed by atoms with van der Waals surface area (Å²) in [4.78, 5) is 11.4. The quantitative estimate of drug-likeness (QED) is 0.653. The molecule has 1 aromatic carbocycles. The van der Waals surface area contributed by atoms with Crippen LogP contribution >= 0.6 is 11.6 Å². The molecule has 0 fully saturated rings. The lowest BCUT2D eigenvalue weighted by Gasteiger charge is -2.11. The fourth-order valence-electron chi connectivity index (χ4n) is 1.19. The van der Waals surface area contributed by atoms with Gasteiger partial charge in [-0.2, -0.15) is 0 Å². The van der Waals surface area contributed by atoms with E-state index in [-0.39, 0.29) is 6.54 Å². The number of halogens is 1. The molecule has 0 aliphatic heterocycles. The molecule has 0 saturated heterocycles. The Bertz CT molecular complexity index is 398. The molecular weight excluding hydrogens is 244 g/mol. The third kappa shape index (κ3) is 4.22. The minimum atomic E-state index is -0.964. The van der Waals surface area contributed by atoms with Gasteiger partial charge < -0.3 is 20.8 Å². The number of aliphatic hydroxyl groups is 2. The Labute approximate surface area is 104 Å². The maximum Gasteiger partial charge on any atom is 0.319 e. The highest BCUT2D eigenvalue weighted by molar-refractivity contribution is 6.34. The van der Waals surface area contributed by atoms with Gasteiger partial charge in [-0.25, -0.2) is 4.79 Å². The summed E-state index contributed by atoms with van der Waals surface area (Å²) < 4.78 is 0. The highest BCUT2D eigenvalue weighted by Gasteiger charge is 2.08. The molecule has 0 aliphatic carbocycles. The lowest BCUT2D eigenvalue weighted by atomic mass is 10.2. The number of carbonyl (C=O) groups is 1. The Morgan fingerprint density at radius 2 is 2.24 bits per heavy atom. The van der Waals surface area contributed by atoms with Crippen LogP contribution in [0.4, 0.5) is 10.5 Å². The molecule has 0 aliphatic rings. The Balaban J connectivity index is 2.54. The normalized spacial score (nSPS) is 12.0. The zero-order chi connectivity index (χ0) is 12.8. The molecule has 0 saturated carbocycles. The molecule has 1 atom stereocenters. The van der Waals surface area contributed by atoms with Crippen molar-refractivity contribution in [2.45, 2.75) is 13.0 Å². The van der Waals surface area contributed by atoms with Crippen molar-refractivity contribution in [1.82, 2.24) is 5.32 Å². The molecule has 0 heterocycles. The summed E-state index contributed by atoms with van der Waals surface area (Å²) in [6.07, 6.45) is -0.964. The first-order chi connectivity index (χ1) is 8.04. The van der Waals surface area contributed by atoms with E-state index in [1.165, 1.54) is 0 Å². The van der Waals surface area contributed by atoms with Crippen molar-refractivity contribution in [2.24, 2.45) is 0 Å². The number of nitrogens with one attached hydrogen (secondary N) is 2. The maximum absolute atomic E-state index is 11.4. The topological polar surface area (TPSA) is 81.6 Å². The minimum absolute atomic E-state index is 0.0221. The SMILES string of the molecule is Cc1cccc(NC(=O)NCC(O)CO)c1Cl. The molecule has 6 heteroatoms. The molecule has 94 valence electrons. The van der Waals surface area contributed by atoms with Crippen LogP contribution in [0.1, 0.15) is 5.56 Å². The van der Waals surface area contributed by atoms with E-state index in [2.05, 4.69) is 10.6 Å². The van der Waals surface area contributed by atoms with E-state index >= 15 is 0 Å². The molecular formula is C11H15ClN2O3. The molecule has 17 heavy (non-hydrogen) atoms. The summed E-state index contributed by atoms with van der Waals surface area (Å²) >= 11 is 6.00. The van der Waals surface area contributed by atoms with Crippen molar-refractivity contribution in [3.8, 4) is 0 Å². The average molecular weight is 259 g/mol. The van der Waals surface area contributed by atoms with E-state index in [0.29, 0.717) is 10.7 Å². The first-order valence-corrected chi connectivity index (χ1v) is 5.51. The molecule has 1 aromatic rings. The number of anilines is 1. The standard InChI is InChI=1S/C11H15ClN2O3/c1-7-3-2-4-9(10(7)12)14-11(17)13-5-8(16)6-15/h2-4,8,15-16H,5-6H2,1H3,(H2,13,14,17). The minimum Gasteiger partial charge on any atom is -0.394 e. The fraction of sp³-hybridized carbons (Fsp3) is 0.364. The second-order valence-electron chi connectivity index (χ2n) is 3.61. The van der Waals surface area contributed by atoms with Gasteiger partial charge in [-0.05, 0) is 18.6 Å². The van der Waals surface area contributed by atoms with Gasteiger partial charge in [-0.15, -0.1) is 0 Å². The average Bonchev–Trinajstić information content (AvgIpc) is 2.32. The van der Waals surface area contributed by atoms with Gasteiger partial charge in [0.1, 0.15) is 0 Å². The first-order valence-electron chi connectivity index (χ1n) is 5.13. The summed E-state index contributed by atoms with van der Waals surface area (Å²) in [7, 11) is 0. The molecule has 0 bridgehead atoms. The van der Waals surface area contributed by atoms with Crippen LogP contribution in [0.25, 0.3) is 0 Å². The van der Waals surface area contributed by atoms with E-state index in [4.69, 9.17) is 21.8 Å². The molecule has 1 rings (SSSR count). The second kappa shape index (κ2) is 6.44. The number of hydrogen-bond donors (Lipinski definition) is 4. The number of amides is 2. The van der Waals surface area contributed by atoms with Gasteiger partial charge in [0.2, 0.25) is 0 Å². The monoisotopic (exact) mass is 258 g/mol. The zero-order valence-corrected chi connectivity index (χ0v) is 10.2. The van der Waals surface area contributed by atoms with Crippen molar-refractivity contribution in [1.29, 1.82) is 0 Å². The lowest BCUT2D eigenvalue weighted by molar-refractivity contribution is 0.0965. The van der Waals surface area contributed by atoms with E-state index in [1.807, 2.05) is 13.0 Å². The fourth-order valence-corrected chi connectivity index (χ4v) is 1.36. The van der Waals surface area contributed by atoms with Gasteiger partial charge in [0.25, 0.3) is 0 Å². The predicted octanol–water partition coefficient (Wildman–Crippen LogP) is 1.12. The molecule has 1 unspecified atom stereocenters. The summed E-state index contributed by atoms with van der Waals surface area (Å²) in [5, 5.41) is 23.1. The van der Waals surface area contributed by atoms with Crippen molar-refractivity contribution in [3.05, 3.63) is 28.8 Å². The third-order valence-corrected chi connectivity index (χ3v) is 2.65. The zero-order valence-electron chi connectivity index (χ0n) is 9.40. The molecule has 2 amide bonds. The number of aliphatic hydroxyl groups excluding tert-OH is 2. The highest BCUT2D eigenvalue weighted by atomic mass is 35.5. The first kappa shape index (κ1) is 13.8. The Morgan fingerprint density at radius 1 is 1.53 bits per heavy atom. The van der Waals surface area contributed by atoms with Crippen LogP contribution in [0.5, 0.6) is 0 Å². The maximum atomic E-state index is 11.4. The second-order valence-corrected chi connectivity index (χ2v) is 3.99. The van der Waals surface area contributed by atoms with E-state index in [9.17, 15) is 4.79 Å². The van der Waals surface area contributed by atoms with Crippen LogP contribution < -0.4 is 10.6 Å². The number of aryl methyl sites for hydroxylation is 1. The van der Waals surface area contributed by atoms with Crippen molar-refractivity contribution in [3.63, 3.8) is 0 Å². The van der Waals surface area contributed by atoms with Gasteiger partial charge in [-0.1, -0.05) is 23.7 Å². The summed E-state index contributed by atoms with van der Waals surface area (Å²) in [5.74, 6) is 0. The van der Waals surface area contributed by atoms with Crippen molar-refractivity contribution in [2.75, 3.05) is 18.5 Å². The van der Waals surface area contributed by atoms with Gasteiger partial charge in [0.05, 0.1) is 23.4 Å². The summed E-state index contributed by atoms with van der Waals surface area (Å²) in [5.41, 5.74) is 1.36. The van der Waals surface area contributed by atoms with Gasteiger partial charge in [0.15, 0.2) is 0 Å². The van der Waals surface area contributed by atoms with Gasteiger partial charge >= 0.3 is 6.03 Å². The van der Waals surface area contributed by atoms with E-state index < -0.39 is 18.7 Å². The van der Waals surface area contributed by atoms with Crippen molar-refractivity contribution < 1.29 is 15.0 Å². The molecule has 0 radical (unpaired) electrons. The van der Waals surface area contributed by atoms with Crippen LogP contribution in [0.3, 0.4) is 0 Å². The summed E-state index contributed by atoms with van der Waals surface area (Å²) in [6, 6.07) is 4.81. The highest BCUT2D eigenvalue weighted by Crippen LogP contribution is 2.24. The van der Waals surface area contributed by atoms with E-state index in [0.717, 1.165) is 5.56 Å².